The molecule has 0 unspecified atom stereocenters. The molecule has 0 aliphatic carbocycles. The Morgan fingerprint density at radius 2 is 1.78 bits per heavy atom. The van der Waals surface area contributed by atoms with Crippen molar-refractivity contribution in [3.8, 4) is 0 Å². The molecule has 0 bridgehead atoms. The van der Waals surface area contributed by atoms with Crippen LogP contribution in [0.5, 0.6) is 0 Å². The maximum atomic E-state index is 13.3. The smallest absolute Gasteiger partial charge is 0.263 e. The topological polar surface area (TPSA) is 112 Å². The van der Waals surface area contributed by atoms with Crippen molar-refractivity contribution < 1.29 is 18.0 Å². The third-order valence-corrected chi connectivity index (χ3v) is 9.68. The molecule has 2 amide bonds. The van der Waals surface area contributed by atoms with E-state index in [0.717, 1.165) is 11.3 Å². The van der Waals surface area contributed by atoms with E-state index >= 15 is 0 Å². The van der Waals surface area contributed by atoms with E-state index in [4.69, 9.17) is 0 Å². The van der Waals surface area contributed by atoms with Gasteiger partial charge in [-0.3, -0.25) is 19.2 Å². The number of carbonyl (C=O) groups excluding carboxylic acids is 2. The van der Waals surface area contributed by atoms with Gasteiger partial charge in [0.15, 0.2) is 5.13 Å². The first-order valence-electron chi connectivity index (χ1n) is 11.9. The average Bonchev–Trinajstić information content (AvgIpc) is 3.59. The Labute approximate surface area is 213 Å². The number of fused-ring (bicyclic) bond motifs is 2. The summed E-state index contributed by atoms with van der Waals surface area (Å²) in [6, 6.07) is 14.0. The van der Waals surface area contributed by atoms with Crippen LogP contribution >= 0.6 is 11.3 Å². The molecule has 3 aliphatic rings. The quantitative estimate of drug-likeness (QED) is 0.532. The number of para-hydroxylation sites is 1. The van der Waals surface area contributed by atoms with Crippen LogP contribution in [0.4, 0.5) is 16.5 Å². The molecule has 36 heavy (non-hydrogen) atoms. The molecule has 1 atom stereocenters. The Morgan fingerprint density at radius 1 is 1.03 bits per heavy atom. The fraction of sp³-hybridized carbons (Fsp3) is 0.320. The highest BCUT2D eigenvalue weighted by Crippen LogP contribution is 2.45. The molecule has 2 aromatic carbocycles. The zero-order chi connectivity index (χ0) is 24.9. The lowest BCUT2D eigenvalue weighted by atomic mass is 9.73. The van der Waals surface area contributed by atoms with Crippen molar-refractivity contribution in [2.75, 3.05) is 34.6 Å². The molecule has 186 valence electrons. The van der Waals surface area contributed by atoms with Gasteiger partial charge in [0.1, 0.15) is 0 Å². The number of rotatable bonds is 5. The summed E-state index contributed by atoms with van der Waals surface area (Å²) >= 11 is 1.20. The second-order valence-electron chi connectivity index (χ2n) is 9.35. The number of hydrogen-bond donors (Lipinski definition) is 2. The Balaban J connectivity index is 1.13. The lowest BCUT2D eigenvalue weighted by molar-refractivity contribution is -0.124. The van der Waals surface area contributed by atoms with Crippen molar-refractivity contribution in [3.05, 3.63) is 65.7 Å². The number of anilines is 3. The van der Waals surface area contributed by atoms with Crippen LogP contribution < -0.4 is 14.9 Å². The summed E-state index contributed by atoms with van der Waals surface area (Å²) in [5.41, 5.74) is 2.12. The number of nitrogens with zero attached hydrogens (tertiary/aromatic N) is 3. The van der Waals surface area contributed by atoms with E-state index in [2.05, 4.69) is 19.9 Å². The summed E-state index contributed by atoms with van der Waals surface area (Å²) in [5, 5.41) is 5.02. The van der Waals surface area contributed by atoms with Crippen molar-refractivity contribution in [2.24, 2.45) is 0 Å². The van der Waals surface area contributed by atoms with Crippen LogP contribution in [0.1, 0.15) is 24.8 Å². The molecule has 0 radical (unpaired) electrons. The van der Waals surface area contributed by atoms with Gasteiger partial charge in [0.05, 0.1) is 16.4 Å². The molecule has 9 nitrogen and oxygen atoms in total. The Hall–Kier alpha value is -3.28. The van der Waals surface area contributed by atoms with Gasteiger partial charge >= 0.3 is 0 Å². The number of aromatic nitrogens is 1. The molecule has 3 aromatic rings. The first-order valence-corrected chi connectivity index (χ1v) is 14.2. The van der Waals surface area contributed by atoms with Gasteiger partial charge < -0.3 is 10.2 Å². The molecule has 6 rings (SSSR count). The minimum Gasteiger partial charge on any atom is -0.325 e. The number of hydrogen-bond acceptors (Lipinski definition) is 7. The lowest BCUT2D eigenvalue weighted by Crippen LogP contribution is -2.51. The molecular formula is C25H25N5O4S2. The van der Waals surface area contributed by atoms with E-state index in [-0.39, 0.29) is 22.8 Å². The van der Waals surface area contributed by atoms with Crippen molar-refractivity contribution in [3.63, 3.8) is 0 Å². The summed E-state index contributed by atoms with van der Waals surface area (Å²) < 4.78 is 27.7. The van der Waals surface area contributed by atoms with Gasteiger partial charge in [-0.05, 0) is 55.2 Å². The first kappa shape index (κ1) is 23.1. The van der Waals surface area contributed by atoms with Gasteiger partial charge in [0.25, 0.3) is 10.0 Å². The third kappa shape index (κ3) is 3.78. The SMILES string of the molecule is O=C1[C@@H](N2CCC3(CC2)C(=O)Nc2ccccc23)CCN1c1ccc(S(=O)(=O)Nc2nccs2)cc1. The molecular weight excluding hydrogens is 498 g/mol. The van der Waals surface area contributed by atoms with E-state index in [1.807, 2.05) is 24.3 Å². The van der Waals surface area contributed by atoms with Crippen LogP contribution in [0.25, 0.3) is 0 Å². The molecule has 0 saturated carbocycles. The predicted molar refractivity (Wildman–Crippen MR) is 138 cm³/mol. The van der Waals surface area contributed by atoms with E-state index in [1.54, 1.807) is 22.4 Å². The minimum absolute atomic E-state index is 0.0127. The monoisotopic (exact) mass is 523 g/mol. The second kappa shape index (κ2) is 8.68. The van der Waals surface area contributed by atoms with Crippen molar-refractivity contribution in [1.82, 2.24) is 9.88 Å². The first-order chi connectivity index (χ1) is 17.4. The summed E-state index contributed by atoms with van der Waals surface area (Å²) in [6.07, 6.45) is 3.58. The number of nitrogens with one attached hydrogen (secondary N) is 2. The van der Waals surface area contributed by atoms with Gasteiger partial charge in [-0.15, -0.1) is 11.3 Å². The van der Waals surface area contributed by atoms with Crippen LogP contribution in [0.15, 0.2) is 65.0 Å². The third-order valence-electron chi connectivity index (χ3n) is 7.51. The van der Waals surface area contributed by atoms with E-state index in [9.17, 15) is 18.0 Å². The number of piperidine rings is 1. The minimum atomic E-state index is -3.75. The van der Waals surface area contributed by atoms with Gasteiger partial charge in [-0.25, -0.2) is 13.4 Å². The fourth-order valence-electron chi connectivity index (χ4n) is 5.60. The van der Waals surface area contributed by atoms with Gasteiger partial charge in [-0.2, -0.15) is 0 Å². The highest BCUT2D eigenvalue weighted by Gasteiger charge is 2.50. The molecule has 2 saturated heterocycles. The fourth-order valence-corrected chi connectivity index (χ4v) is 7.39. The number of benzene rings is 2. The highest BCUT2D eigenvalue weighted by molar-refractivity contribution is 7.93. The molecule has 4 heterocycles. The van der Waals surface area contributed by atoms with E-state index in [1.165, 1.54) is 29.7 Å². The van der Waals surface area contributed by atoms with Crippen LogP contribution in [0.3, 0.4) is 0 Å². The average molecular weight is 524 g/mol. The summed E-state index contributed by atoms with van der Waals surface area (Å²) in [6.45, 7) is 1.91. The maximum Gasteiger partial charge on any atom is 0.263 e. The van der Waals surface area contributed by atoms with Crippen LogP contribution in [-0.4, -0.2) is 55.8 Å². The van der Waals surface area contributed by atoms with Gasteiger partial charge in [0, 0.05) is 42.6 Å². The number of likely N-dealkylation sites (tertiary alicyclic amines) is 1. The molecule has 2 fully saturated rings. The van der Waals surface area contributed by atoms with Crippen LogP contribution in [0, 0.1) is 0 Å². The van der Waals surface area contributed by atoms with Crippen LogP contribution in [0.2, 0.25) is 0 Å². The standard InChI is InChI=1S/C25H25N5O4S2/c31-22-21(29-14-10-25(11-15-29)19-3-1-2-4-20(19)27-23(25)32)9-13-30(22)17-5-7-18(8-6-17)36(33,34)28-24-26-12-16-35-24/h1-8,12,16,21H,9-11,13-15H2,(H,26,28)(H,27,32)/t21-/m0/s1. The summed E-state index contributed by atoms with van der Waals surface area (Å²) in [7, 11) is -3.75. The Bertz CT molecular complexity index is 1410. The predicted octanol–water partition coefficient (Wildman–Crippen LogP) is 3.04. The summed E-state index contributed by atoms with van der Waals surface area (Å²) in [4.78, 5) is 34.2. The second-order valence-corrected chi connectivity index (χ2v) is 11.9. The molecule has 1 aromatic heterocycles. The van der Waals surface area contributed by atoms with E-state index in [0.29, 0.717) is 49.7 Å². The normalized spacial score (nSPS) is 21.6. The van der Waals surface area contributed by atoms with Gasteiger partial charge in [0.2, 0.25) is 11.8 Å². The number of carbonyl (C=O) groups is 2. The highest BCUT2D eigenvalue weighted by atomic mass is 32.2. The largest absolute Gasteiger partial charge is 0.325 e. The van der Waals surface area contributed by atoms with E-state index < -0.39 is 15.4 Å². The number of thiazole rings is 1. The summed E-state index contributed by atoms with van der Waals surface area (Å²) in [5.74, 6) is 0.0702. The molecule has 3 aliphatic heterocycles. The molecule has 11 heteroatoms. The van der Waals surface area contributed by atoms with Crippen LogP contribution in [-0.2, 0) is 25.0 Å². The molecule has 1 spiro atoms. The molecule has 2 N–H and O–H groups in total. The number of amides is 2. The Kier molecular flexibility index (Phi) is 5.58. The zero-order valence-corrected chi connectivity index (χ0v) is 21.0. The Morgan fingerprint density at radius 3 is 2.50 bits per heavy atom. The van der Waals surface area contributed by atoms with Crippen molar-refractivity contribution in [2.45, 2.75) is 35.6 Å². The van der Waals surface area contributed by atoms with Crippen molar-refractivity contribution >= 4 is 49.7 Å². The maximum absolute atomic E-state index is 13.3. The zero-order valence-electron chi connectivity index (χ0n) is 19.4. The number of sulfonamides is 1. The van der Waals surface area contributed by atoms with Gasteiger partial charge in [-0.1, -0.05) is 18.2 Å². The van der Waals surface area contributed by atoms with Crippen molar-refractivity contribution in [1.29, 1.82) is 0 Å². The lowest BCUT2D eigenvalue weighted by Gasteiger charge is -2.40.